The van der Waals surface area contributed by atoms with E-state index in [0.717, 1.165) is 30.5 Å². The summed E-state index contributed by atoms with van der Waals surface area (Å²) in [5.74, 6) is -0.667. The minimum Gasteiger partial charge on any atom is -0.320 e. The van der Waals surface area contributed by atoms with E-state index in [0.29, 0.717) is 11.4 Å². The highest BCUT2D eigenvalue weighted by molar-refractivity contribution is 6.04. The van der Waals surface area contributed by atoms with Gasteiger partial charge in [-0.2, -0.15) is 5.10 Å². The van der Waals surface area contributed by atoms with E-state index < -0.39 is 0 Å². The third-order valence-corrected chi connectivity index (χ3v) is 3.10. The van der Waals surface area contributed by atoms with Crippen LogP contribution >= 0.6 is 0 Å². The Kier molecular flexibility index (Phi) is 2.59. The molecule has 92 valence electrons. The van der Waals surface area contributed by atoms with Gasteiger partial charge < -0.3 is 5.32 Å². The third-order valence-electron chi connectivity index (χ3n) is 3.10. The summed E-state index contributed by atoms with van der Waals surface area (Å²) >= 11 is 0. The molecule has 0 saturated carbocycles. The molecule has 0 bridgehead atoms. The lowest BCUT2D eigenvalue weighted by Crippen LogP contribution is -2.14. The second kappa shape index (κ2) is 4.25. The summed E-state index contributed by atoms with van der Waals surface area (Å²) in [6.45, 7) is 0. The Labute approximate surface area is 103 Å². The number of nitrogens with zero attached hydrogens (tertiary/aromatic N) is 1. The Hall–Kier alpha value is -2.17. The molecule has 1 heterocycles. The maximum Gasteiger partial charge on any atom is 0.276 e. The normalized spacial score (nSPS) is 13.4. The molecule has 0 fully saturated rings. The summed E-state index contributed by atoms with van der Waals surface area (Å²) in [4.78, 5) is 12.0. The average molecular weight is 245 g/mol. The van der Waals surface area contributed by atoms with Crippen LogP contribution in [0.15, 0.2) is 24.3 Å². The second-order valence-corrected chi connectivity index (χ2v) is 4.35. The third kappa shape index (κ3) is 1.88. The number of carbonyl (C=O) groups excluding carboxylic acids is 1. The zero-order valence-electron chi connectivity index (χ0n) is 9.66. The monoisotopic (exact) mass is 245 g/mol. The molecule has 0 atom stereocenters. The number of aromatic nitrogens is 2. The predicted octanol–water partition coefficient (Wildman–Crippen LogP) is 2.29. The Morgan fingerprint density at radius 1 is 1.39 bits per heavy atom. The van der Waals surface area contributed by atoms with Crippen LogP contribution in [0.5, 0.6) is 0 Å². The number of aromatic amines is 1. The minimum atomic E-state index is -0.375. The maximum atomic E-state index is 13.0. The van der Waals surface area contributed by atoms with E-state index in [1.165, 1.54) is 12.1 Å². The van der Waals surface area contributed by atoms with Gasteiger partial charge in [0.15, 0.2) is 5.69 Å². The van der Waals surface area contributed by atoms with E-state index in [4.69, 9.17) is 0 Å². The first-order valence-corrected chi connectivity index (χ1v) is 5.87. The smallest absolute Gasteiger partial charge is 0.276 e. The molecule has 0 saturated heterocycles. The summed E-state index contributed by atoms with van der Waals surface area (Å²) < 4.78 is 13.0. The molecule has 1 aromatic heterocycles. The largest absolute Gasteiger partial charge is 0.320 e. The van der Waals surface area contributed by atoms with E-state index >= 15 is 0 Å². The molecule has 1 aliphatic rings. The van der Waals surface area contributed by atoms with Crippen LogP contribution in [0.3, 0.4) is 0 Å². The molecular formula is C13H12FN3O. The Morgan fingerprint density at radius 2 is 2.28 bits per heavy atom. The van der Waals surface area contributed by atoms with Crippen molar-refractivity contribution >= 4 is 11.6 Å². The quantitative estimate of drug-likeness (QED) is 0.852. The number of amides is 1. The molecule has 4 nitrogen and oxygen atoms in total. The lowest BCUT2D eigenvalue weighted by Gasteiger charge is -2.04. The second-order valence-electron chi connectivity index (χ2n) is 4.35. The van der Waals surface area contributed by atoms with Crippen molar-refractivity contribution in [1.82, 2.24) is 10.2 Å². The fourth-order valence-electron chi connectivity index (χ4n) is 2.26. The van der Waals surface area contributed by atoms with Gasteiger partial charge in [-0.15, -0.1) is 0 Å². The molecule has 5 heteroatoms. The van der Waals surface area contributed by atoms with E-state index in [1.54, 1.807) is 12.1 Å². The first-order chi connectivity index (χ1) is 8.74. The van der Waals surface area contributed by atoms with Crippen molar-refractivity contribution in [3.63, 3.8) is 0 Å². The SMILES string of the molecule is O=C(Nc1cccc(F)c1)c1n[nH]c2c1CCC2. The first-order valence-electron chi connectivity index (χ1n) is 5.87. The standard InChI is InChI=1S/C13H12FN3O/c14-8-3-1-4-9(7-8)15-13(18)12-10-5-2-6-11(10)16-17-12/h1,3-4,7H,2,5-6H2,(H,15,18)(H,16,17). The molecule has 1 aromatic carbocycles. The van der Waals surface area contributed by atoms with Crippen molar-refractivity contribution in [1.29, 1.82) is 0 Å². The zero-order valence-corrected chi connectivity index (χ0v) is 9.66. The number of benzene rings is 1. The van der Waals surface area contributed by atoms with Crippen molar-refractivity contribution in [2.75, 3.05) is 5.32 Å². The predicted molar refractivity (Wildman–Crippen MR) is 65.0 cm³/mol. The van der Waals surface area contributed by atoms with Crippen LogP contribution in [0.2, 0.25) is 0 Å². The van der Waals surface area contributed by atoms with Crippen LogP contribution in [-0.2, 0) is 12.8 Å². The number of H-pyrrole nitrogens is 1. The number of fused-ring (bicyclic) bond motifs is 1. The number of hydrogen-bond donors (Lipinski definition) is 2. The van der Waals surface area contributed by atoms with Gasteiger partial charge in [-0.05, 0) is 37.5 Å². The van der Waals surface area contributed by atoms with Gasteiger partial charge in [-0.3, -0.25) is 9.89 Å². The summed E-state index contributed by atoms with van der Waals surface area (Å²) in [6.07, 6.45) is 2.86. The molecule has 0 radical (unpaired) electrons. The summed E-state index contributed by atoms with van der Waals surface area (Å²) in [7, 11) is 0. The molecule has 2 N–H and O–H groups in total. The highest BCUT2D eigenvalue weighted by Crippen LogP contribution is 2.23. The number of aryl methyl sites for hydroxylation is 1. The fourth-order valence-corrected chi connectivity index (χ4v) is 2.26. The molecule has 0 spiro atoms. The molecular weight excluding hydrogens is 233 g/mol. The van der Waals surface area contributed by atoms with E-state index in [-0.39, 0.29) is 11.7 Å². The van der Waals surface area contributed by atoms with Crippen molar-refractivity contribution < 1.29 is 9.18 Å². The van der Waals surface area contributed by atoms with Gasteiger partial charge in [-0.1, -0.05) is 6.07 Å². The van der Waals surface area contributed by atoms with Crippen LogP contribution in [0.1, 0.15) is 28.2 Å². The van der Waals surface area contributed by atoms with E-state index in [9.17, 15) is 9.18 Å². The minimum absolute atomic E-state index is 0.292. The summed E-state index contributed by atoms with van der Waals surface area (Å²) in [5.41, 5.74) is 2.89. The van der Waals surface area contributed by atoms with Crippen molar-refractivity contribution in [3.8, 4) is 0 Å². The zero-order chi connectivity index (χ0) is 12.5. The lowest BCUT2D eigenvalue weighted by atomic mass is 10.2. The van der Waals surface area contributed by atoms with Crippen LogP contribution in [0, 0.1) is 5.82 Å². The maximum absolute atomic E-state index is 13.0. The Morgan fingerprint density at radius 3 is 3.11 bits per heavy atom. The highest BCUT2D eigenvalue weighted by Gasteiger charge is 2.22. The van der Waals surface area contributed by atoms with Gasteiger partial charge in [-0.25, -0.2) is 4.39 Å². The number of hydrogen-bond acceptors (Lipinski definition) is 2. The van der Waals surface area contributed by atoms with Crippen LogP contribution in [0.4, 0.5) is 10.1 Å². The molecule has 0 aliphatic heterocycles. The average Bonchev–Trinajstić information content (AvgIpc) is 2.89. The molecule has 2 aromatic rings. The molecule has 1 aliphatic carbocycles. The van der Waals surface area contributed by atoms with Gasteiger partial charge in [0, 0.05) is 16.9 Å². The van der Waals surface area contributed by atoms with Crippen LogP contribution < -0.4 is 5.32 Å². The van der Waals surface area contributed by atoms with E-state index in [1.807, 2.05) is 0 Å². The van der Waals surface area contributed by atoms with Gasteiger partial charge in [0.25, 0.3) is 5.91 Å². The highest BCUT2D eigenvalue weighted by atomic mass is 19.1. The number of halogens is 1. The van der Waals surface area contributed by atoms with Crippen molar-refractivity contribution in [3.05, 3.63) is 47.0 Å². The molecule has 1 amide bonds. The van der Waals surface area contributed by atoms with Crippen LogP contribution in [-0.4, -0.2) is 16.1 Å². The number of nitrogens with one attached hydrogen (secondary N) is 2. The fraction of sp³-hybridized carbons (Fsp3) is 0.231. The molecule has 0 unspecified atom stereocenters. The number of anilines is 1. The van der Waals surface area contributed by atoms with E-state index in [2.05, 4.69) is 15.5 Å². The van der Waals surface area contributed by atoms with Gasteiger partial charge in [0.2, 0.25) is 0 Å². The van der Waals surface area contributed by atoms with Gasteiger partial charge in [0.1, 0.15) is 5.82 Å². The summed E-state index contributed by atoms with van der Waals surface area (Å²) in [6, 6.07) is 5.82. The molecule has 18 heavy (non-hydrogen) atoms. The van der Waals surface area contributed by atoms with Crippen molar-refractivity contribution in [2.24, 2.45) is 0 Å². The topological polar surface area (TPSA) is 57.8 Å². The van der Waals surface area contributed by atoms with Crippen molar-refractivity contribution in [2.45, 2.75) is 19.3 Å². The Bertz CT molecular complexity index is 606. The number of carbonyl (C=O) groups is 1. The van der Waals surface area contributed by atoms with Gasteiger partial charge in [0.05, 0.1) is 0 Å². The van der Waals surface area contributed by atoms with Gasteiger partial charge >= 0.3 is 0 Å². The first kappa shape index (κ1) is 11.0. The Balaban J connectivity index is 1.83. The lowest BCUT2D eigenvalue weighted by molar-refractivity contribution is 0.102. The number of rotatable bonds is 2. The van der Waals surface area contributed by atoms with Crippen LogP contribution in [0.25, 0.3) is 0 Å². The molecule has 3 rings (SSSR count). The summed E-state index contributed by atoms with van der Waals surface area (Å²) in [5, 5.41) is 9.56.